The monoisotopic (exact) mass is 352 g/mol. The van der Waals surface area contributed by atoms with Crippen molar-refractivity contribution in [1.29, 1.82) is 0 Å². The number of carbonyl (C=O) groups excluding carboxylic acids is 1. The van der Waals surface area contributed by atoms with E-state index in [1.54, 1.807) is 20.8 Å². The van der Waals surface area contributed by atoms with Gasteiger partial charge in [-0.3, -0.25) is 4.90 Å². The Labute approximate surface area is 147 Å². The molecule has 0 N–H and O–H groups in total. The number of carbonyl (C=O) groups is 1. The van der Waals surface area contributed by atoms with Gasteiger partial charge >= 0.3 is 6.09 Å². The Hall–Kier alpha value is -1.69. The molecule has 0 aliphatic carbocycles. The standard InChI is InChI=1S/C19H26F2N2O2/c1-18(2,3)25-17(24)22-10-9-16-15(12-22)19(20,21)13-23(16)11-14-7-5-4-6-8-14/h4-8,15-16H,9-13H2,1-3H3/t15-,16+/m1/s1. The highest BCUT2D eigenvalue weighted by atomic mass is 19.3. The van der Waals surface area contributed by atoms with Gasteiger partial charge in [0.15, 0.2) is 0 Å². The molecule has 0 bridgehead atoms. The SMILES string of the molecule is CC(C)(C)OC(=O)N1CC[C@H]2[C@@H](C1)C(F)(F)CN2Cc1ccccc1. The second-order valence-electron chi connectivity index (χ2n) is 8.04. The molecular weight excluding hydrogens is 326 g/mol. The number of likely N-dealkylation sites (tertiary alicyclic amines) is 2. The third-order valence-corrected chi connectivity index (χ3v) is 4.88. The van der Waals surface area contributed by atoms with Crippen molar-refractivity contribution < 1.29 is 18.3 Å². The third kappa shape index (κ3) is 4.11. The van der Waals surface area contributed by atoms with Crippen LogP contribution >= 0.6 is 0 Å². The number of benzene rings is 1. The van der Waals surface area contributed by atoms with Crippen molar-refractivity contribution in [3.05, 3.63) is 35.9 Å². The Morgan fingerprint density at radius 1 is 1.28 bits per heavy atom. The second kappa shape index (κ2) is 6.56. The lowest BCUT2D eigenvalue weighted by atomic mass is 9.90. The zero-order chi connectivity index (χ0) is 18.2. The summed E-state index contributed by atoms with van der Waals surface area (Å²) in [6.45, 7) is 6.12. The number of amides is 1. The van der Waals surface area contributed by atoms with E-state index in [9.17, 15) is 13.6 Å². The van der Waals surface area contributed by atoms with Gasteiger partial charge in [0.05, 0.1) is 12.5 Å². The molecular formula is C19H26F2N2O2. The first-order valence-corrected chi connectivity index (χ1v) is 8.79. The van der Waals surface area contributed by atoms with E-state index in [4.69, 9.17) is 4.74 Å². The Morgan fingerprint density at radius 3 is 2.60 bits per heavy atom. The fourth-order valence-electron chi connectivity index (χ4n) is 3.78. The van der Waals surface area contributed by atoms with Crippen LogP contribution < -0.4 is 0 Å². The van der Waals surface area contributed by atoms with Crippen LogP contribution in [0.5, 0.6) is 0 Å². The predicted octanol–water partition coefficient (Wildman–Crippen LogP) is 3.76. The molecule has 2 atom stereocenters. The molecule has 0 spiro atoms. The molecule has 0 radical (unpaired) electrons. The van der Waals surface area contributed by atoms with Crippen molar-refractivity contribution in [3.8, 4) is 0 Å². The minimum Gasteiger partial charge on any atom is -0.444 e. The Bertz CT molecular complexity index is 616. The summed E-state index contributed by atoms with van der Waals surface area (Å²) >= 11 is 0. The highest BCUT2D eigenvalue weighted by Gasteiger charge is 2.56. The Balaban J connectivity index is 1.69. The number of halogens is 2. The molecule has 3 rings (SSSR count). The summed E-state index contributed by atoms with van der Waals surface area (Å²) in [4.78, 5) is 15.5. The Kier molecular flexibility index (Phi) is 4.75. The van der Waals surface area contributed by atoms with Crippen LogP contribution in [0.4, 0.5) is 13.6 Å². The van der Waals surface area contributed by atoms with Gasteiger partial charge in [-0.15, -0.1) is 0 Å². The van der Waals surface area contributed by atoms with Crippen molar-refractivity contribution >= 4 is 6.09 Å². The number of nitrogens with zero attached hydrogens (tertiary/aromatic N) is 2. The van der Waals surface area contributed by atoms with E-state index in [2.05, 4.69) is 0 Å². The van der Waals surface area contributed by atoms with Crippen molar-refractivity contribution in [2.75, 3.05) is 19.6 Å². The number of rotatable bonds is 2. The van der Waals surface area contributed by atoms with Crippen LogP contribution in [0.2, 0.25) is 0 Å². The van der Waals surface area contributed by atoms with E-state index >= 15 is 0 Å². The van der Waals surface area contributed by atoms with Crippen LogP contribution in [0.1, 0.15) is 32.8 Å². The van der Waals surface area contributed by atoms with Gasteiger partial charge in [0.25, 0.3) is 5.92 Å². The van der Waals surface area contributed by atoms with Crippen LogP contribution in [-0.4, -0.2) is 53.1 Å². The summed E-state index contributed by atoms with van der Waals surface area (Å²) in [5.74, 6) is -3.63. The molecule has 2 heterocycles. The molecule has 1 amide bonds. The van der Waals surface area contributed by atoms with Gasteiger partial charge in [0.2, 0.25) is 0 Å². The fraction of sp³-hybridized carbons (Fsp3) is 0.632. The lowest BCUT2D eigenvalue weighted by molar-refractivity contribution is -0.0529. The fourth-order valence-corrected chi connectivity index (χ4v) is 3.78. The number of hydrogen-bond donors (Lipinski definition) is 0. The molecule has 1 aromatic carbocycles. The molecule has 2 aliphatic heterocycles. The van der Waals surface area contributed by atoms with Gasteiger partial charge in [-0.2, -0.15) is 0 Å². The zero-order valence-corrected chi connectivity index (χ0v) is 15.0. The zero-order valence-electron chi connectivity index (χ0n) is 15.0. The minimum absolute atomic E-state index is 0.0534. The maximum Gasteiger partial charge on any atom is 0.410 e. The maximum atomic E-state index is 14.6. The van der Waals surface area contributed by atoms with Crippen LogP contribution in [0.3, 0.4) is 0 Å². The number of piperidine rings is 1. The highest BCUT2D eigenvalue weighted by Crippen LogP contribution is 2.42. The van der Waals surface area contributed by atoms with Crippen molar-refractivity contribution in [1.82, 2.24) is 9.80 Å². The maximum absolute atomic E-state index is 14.6. The molecule has 2 fully saturated rings. The quantitative estimate of drug-likeness (QED) is 0.812. The van der Waals surface area contributed by atoms with Crippen LogP contribution in [0.15, 0.2) is 30.3 Å². The first-order valence-electron chi connectivity index (χ1n) is 8.79. The van der Waals surface area contributed by atoms with E-state index in [1.807, 2.05) is 35.2 Å². The molecule has 4 nitrogen and oxygen atoms in total. The molecule has 25 heavy (non-hydrogen) atoms. The first kappa shape index (κ1) is 18.1. The second-order valence-corrected chi connectivity index (χ2v) is 8.04. The van der Waals surface area contributed by atoms with E-state index in [1.165, 1.54) is 4.90 Å². The number of ether oxygens (including phenoxy) is 1. The summed E-state index contributed by atoms with van der Waals surface area (Å²) in [6, 6.07) is 9.49. The van der Waals surface area contributed by atoms with Crippen molar-refractivity contribution in [2.45, 2.75) is 51.3 Å². The molecule has 1 aromatic rings. The van der Waals surface area contributed by atoms with E-state index < -0.39 is 23.5 Å². The van der Waals surface area contributed by atoms with Crippen LogP contribution in [-0.2, 0) is 11.3 Å². The summed E-state index contributed by atoms with van der Waals surface area (Å²) in [5, 5.41) is 0. The van der Waals surface area contributed by atoms with Gasteiger partial charge in [-0.05, 0) is 32.8 Å². The smallest absolute Gasteiger partial charge is 0.410 e. The normalized spacial score (nSPS) is 26.4. The molecule has 6 heteroatoms. The molecule has 2 aliphatic rings. The topological polar surface area (TPSA) is 32.8 Å². The predicted molar refractivity (Wildman–Crippen MR) is 91.5 cm³/mol. The van der Waals surface area contributed by atoms with Gasteiger partial charge < -0.3 is 9.64 Å². The van der Waals surface area contributed by atoms with E-state index in [-0.39, 0.29) is 19.1 Å². The van der Waals surface area contributed by atoms with Crippen molar-refractivity contribution in [2.24, 2.45) is 5.92 Å². The lowest BCUT2D eigenvalue weighted by Gasteiger charge is -2.38. The summed E-state index contributed by atoms with van der Waals surface area (Å²) in [7, 11) is 0. The van der Waals surface area contributed by atoms with Gasteiger partial charge in [-0.1, -0.05) is 30.3 Å². The van der Waals surface area contributed by atoms with E-state index in [0.717, 1.165) is 5.56 Å². The number of alkyl halides is 2. The lowest BCUT2D eigenvalue weighted by Crippen LogP contribution is -2.51. The molecule has 0 aromatic heterocycles. The Morgan fingerprint density at radius 2 is 1.96 bits per heavy atom. The molecule has 0 saturated carbocycles. The van der Waals surface area contributed by atoms with Crippen molar-refractivity contribution in [3.63, 3.8) is 0 Å². The highest BCUT2D eigenvalue weighted by molar-refractivity contribution is 5.68. The van der Waals surface area contributed by atoms with Gasteiger partial charge in [0, 0.05) is 25.7 Å². The van der Waals surface area contributed by atoms with Gasteiger partial charge in [0.1, 0.15) is 5.60 Å². The largest absolute Gasteiger partial charge is 0.444 e. The van der Waals surface area contributed by atoms with Gasteiger partial charge in [-0.25, -0.2) is 13.6 Å². The summed E-state index contributed by atoms with van der Waals surface area (Å²) < 4.78 is 34.5. The molecule has 138 valence electrons. The van der Waals surface area contributed by atoms with Crippen LogP contribution in [0, 0.1) is 5.92 Å². The molecule has 0 unspecified atom stereocenters. The minimum atomic E-state index is -2.79. The summed E-state index contributed by atoms with van der Waals surface area (Å²) in [6.07, 6.45) is 0.0510. The molecule has 2 saturated heterocycles. The average molecular weight is 352 g/mol. The van der Waals surface area contributed by atoms with E-state index in [0.29, 0.717) is 19.5 Å². The number of fused-ring (bicyclic) bond motifs is 1. The first-order chi connectivity index (χ1) is 11.7. The average Bonchev–Trinajstić information content (AvgIpc) is 2.77. The third-order valence-electron chi connectivity index (χ3n) is 4.88. The number of hydrogen-bond acceptors (Lipinski definition) is 3. The van der Waals surface area contributed by atoms with Crippen LogP contribution in [0.25, 0.3) is 0 Å². The summed E-state index contributed by atoms with van der Waals surface area (Å²) in [5.41, 5.74) is 0.416.